The Morgan fingerprint density at radius 1 is 1.43 bits per heavy atom. The number of hydrogen-bond donors (Lipinski definition) is 1. The molecule has 1 heterocycles. The average molecular weight is 197 g/mol. The zero-order chi connectivity index (χ0) is 10.7. The molecule has 0 unspecified atom stereocenters. The Hall–Kier alpha value is -1.03. The number of aryl methyl sites for hydroxylation is 1. The summed E-state index contributed by atoms with van der Waals surface area (Å²) in [7, 11) is 0. The van der Waals surface area contributed by atoms with Crippen molar-refractivity contribution in [1.82, 2.24) is 9.78 Å². The maximum Gasteiger partial charge on any atom is 0.139 e. The summed E-state index contributed by atoms with van der Waals surface area (Å²) in [5.41, 5.74) is 8.41. The quantitative estimate of drug-likeness (QED) is 0.799. The first-order valence-corrected chi connectivity index (χ1v) is 4.89. The van der Waals surface area contributed by atoms with Crippen LogP contribution in [0, 0.1) is 19.8 Å². The molecule has 0 aliphatic rings. The summed E-state index contributed by atoms with van der Waals surface area (Å²) in [5, 5.41) is 4.27. The summed E-state index contributed by atoms with van der Waals surface area (Å²) in [6.45, 7) is 9.33. The standard InChI is InChI=1S/C10H19N3O/c1-7(2)5-14-6-13-9(4)10(11)8(3)12-13/h7H,5-6,11H2,1-4H3. The summed E-state index contributed by atoms with van der Waals surface area (Å²) in [6.07, 6.45) is 0. The fourth-order valence-electron chi connectivity index (χ4n) is 1.21. The SMILES string of the molecule is Cc1nn(COCC(C)C)c(C)c1N. The van der Waals surface area contributed by atoms with E-state index in [1.165, 1.54) is 0 Å². The number of nitrogens with two attached hydrogens (primary N) is 1. The van der Waals surface area contributed by atoms with Gasteiger partial charge in [0.25, 0.3) is 0 Å². The van der Waals surface area contributed by atoms with Crippen molar-refractivity contribution in [2.75, 3.05) is 12.3 Å². The number of anilines is 1. The lowest BCUT2D eigenvalue weighted by molar-refractivity contribution is 0.0492. The molecule has 2 N–H and O–H groups in total. The second-order valence-electron chi connectivity index (χ2n) is 3.98. The maximum atomic E-state index is 5.80. The predicted molar refractivity (Wildman–Crippen MR) is 56.9 cm³/mol. The maximum absolute atomic E-state index is 5.80. The lowest BCUT2D eigenvalue weighted by Crippen LogP contribution is -2.10. The van der Waals surface area contributed by atoms with E-state index >= 15 is 0 Å². The molecule has 0 bridgehead atoms. The van der Waals surface area contributed by atoms with Gasteiger partial charge in [-0.3, -0.25) is 0 Å². The molecule has 1 rings (SSSR count). The number of ether oxygens (including phenoxy) is 1. The van der Waals surface area contributed by atoms with Crippen molar-refractivity contribution in [3.63, 3.8) is 0 Å². The second kappa shape index (κ2) is 4.46. The molecule has 0 aliphatic heterocycles. The molecule has 1 aromatic heterocycles. The number of nitrogen functional groups attached to an aromatic ring is 1. The van der Waals surface area contributed by atoms with E-state index in [0.717, 1.165) is 23.7 Å². The van der Waals surface area contributed by atoms with E-state index in [-0.39, 0.29) is 0 Å². The third-order valence-corrected chi connectivity index (χ3v) is 2.10. The van der Waals surface area contributed by atoms with Crippen molar-refractivity contribution in [3.8, 4) is 0 Å². The zero-order valence-corrected chi connectivity index (χ0v) is 9.37. The largest absolute Gasteiger partial charge is 0.396 e. The second-order valence-corrected chi connectivity index (χ2v) is 3.98. The summed E-state index contributed by atoms with van der Waals surface area (Å²) < 4.78 is 7.27. The van der Waals surface area contributed by atoms with E-state index in [2.05, 4.69) is 18.9 Å². The normalized spacial score (nSPS) is 11.2. The van der Waals surface area contributed by atoms with E-state index in [9.17, 15) is 0 Å². The first-order valence-electron chi connectivity index (χ1n) is 4.89. The molecule has 0 aromatic carbocycles. The minimum atomic E-state index is 0.488. The van der Waals surface area contributed by atoms with Gasteiger partial charge in [-0.25, -0.2) is 4.68 Å². The Morgan fingerprint density at radius 2 is 2.07 bits per heavy atom. The van der Waals surface area contributed by atoms with E-state index in [1.54, 1.807) is 4.68 Å². The van der Waals surface area contributed by atoms with Crippen molar-refractivity contribution < 1.29 is 4.74 Å². The van der Waals surface area contributed by atoms with Crippen LogP contribution in [0.15, 0.2) is 0 Å². The Kier molecular flexibility index (Phi) is 3.52. The zero-order valence-electron chi connectivity index (χ0n) is 9.37. The van der Waals surface area contributed by atoms with Crippen molar-refractivity contribution >= 4 is 5.69 Å². The lowest BCUT2D eigenvalue weighted by atomic mass is 10.2. The molecular formula is C10H19N3O. The van der Waals surface area contributed by atoms with Gasteiger partial charge in [0.05, 0.1) is 23.7 Å². The van der Waals surface area contributed by atoms with Gasteiger partial charge in [0.1, 0.15) is 6.73 Å². The number of nitrogens with zero attached hydrogens (tertiary/aromatic N) is 2. The molecule has 0 amide bonds. The van der Waals surface area contributed by atoms with Gasteiger partial charge >= 0.3 is 0 Å². The van der Waals surface area contributed by atoms with Gasteiger partial charge in [0.2, 0.25) is 0 Å². The van der Waals surface area contributed by atoms with Gasteiger partial charge in [-0.2, -0.15) is 5.10 Å². The van der Waals surface area contributed by atoms with Crippen LogP contribution in [0.2, 0.25) is 0 Å². The first kappa shape index (κ1) is 11.0. The minimum Gasteiger partial charge on any atom is -0.396 e. The fraction of sp³-hybridized carbons (Fsp3) is 0.700. The Labute approximate surface area is 85.0 Å². The number of hydrogen-bond acceptors (Lipinski definition) is 3. The van der Waals surface area contributed by atoms with Crippen LogP contribution in [0.1, 0.15) is 25.2 Å². The molecule has 4 heteroatoms. The van der Waals surface area contributed by atoms with E-state index < -0.39 is 0 Å². The Bertz CT molecular complexity index is 305. The molecular weight excluding hydrogens is 178 g/mol. The minimum absolute atomic E-state index is 0.488. The van der Waals surface area contributed by atoms with Crippen LogP contribution in [0.3, 0.4) is 0 Å². The van der Waals surface area contributed by atoms with Gasteiger partial charge in [-0.05, 0) is 19.8 Å². The van der Waals surface area contributed by atoms with Crippen molar-refractivity contribution in [2.45, 2.75) is 34.4 Å². The molecule has 80 valence electrons. The molecule has 0 fully saturated rings. The summed E-state index contributed by atoms with van der Waals surface area (Å²) >= 11 is 0. The van der Waals surface area contributed by atoms with Crippen LogP contribution < -0.4 is 5.73 Å². The van der Waals surface area contributed by atoms with Crippen molar-refractivity contribution in [1.29, 1.82) is 0 Å². The smallest absolute Gasteiger partial charge is 0.139 e. The fourth-order valence-corrected chi connectivity index (χ4v) is 1.21. The Balaban J connectivity index is 2.55. The van der Waals surface area contributed by atoms with Crippen molar-refractivity contribution in [3.05, 3.63) is 11.4 Å². The third kappa shape index (κ3) is 2.48. The summed E-state index contributed by atoms with van der Waals surface area (Å²) in [5.74, 6) is 0.546. The molecule has 0 aliphatic carbocycles. The van der Waals surface area contributed by atoms with Gasteiger partial charge in [0.15, 0.2) is 0 Å². The van der Waals surface area contributed by atoms with Gasteiger partial charge in [-0.1, -0.05) is 13.8 Å². The Morgan fingerprint density at radius 3 is 2.50 bits per heavy atom. The molecule has 1 aromatic rings. The van der Waals surface area contributed by atoms with Gasteiger partial charge in [0, 0.05) is 0 Å². The van der Waals surface area contributed by atoms with Crippen LogP contribution in [0.5, 0.6) is 0 Å². The molecule has 14 heavy (non-hydrogen) atoms. The molecule has 4 nitrogen and oxygen atoms in total. The third-order valence-electron chi connectivity index (χ3n) is 2.10. The van der Waals surface area contributed by atoms with Crippen LogP contribution >= 0.6 is 0 Å². The van der Waals surface area contributed by atoms with E-state index in [1.807, 2.05) is 13.8 Å². The highest BCUT2D eigenvalue weighted by Crippen LogP contribution is 2.14. The molecule has 0 radical (unpaired) electrons. The van der Waals surface area contributed by atoms with Crippen LogP contribution in [0.4, 0.5) is 5.69 Å². The van der Waals surface area contributed by atoms with Gasteiger partial charge < -0.3 is 10.5 Å². The highest BCUT2D eigenvalue weighted by atomic mass is 16.5. The van der Waals surface area contributed by atoms with E-state index in [4.69, 9.17) is 10.5 Å². The van der Waals surface area contributed by atoms with Gasteiger partial charge in [-0.15, -0.1) is 0 Å². The van der Waals surface area contributed by atoms with Crippen LogP contribution in [-0.4, -0.2) is 16.4 Å². The monoisotopic (exact) mass is 197 g/mol. The lowest BCUT2D eigenvalue weighted by Gasteiger charge is -2.08. The van der Waals surface area contributed by atoms with Crippen LogP contribution in [-0.2, 0) is 11.5 Å². The first-order chi connectivity index (χ1) is 6.52. The van der Waals surface area contributed by atoms with Crippen LogP contribution in [0.25, 0.3) is 0 Å². The summed E-state index contributed by atoms with van der Waals surface area (Å²) in [6, 6.07) is 0. The predicted octanol–water partition coefficient (Wildman–Crippen LogP) is 1.71. The number of aromatic nitrogens is 2. The molecule has 0 saturated heterocycles. The summed E-state index contributed by atoms with van der Waals surface area (Å²) in [4.78, 5) is 0. The molecule has 0 spiro atoms. The highest BCUT2D eigenvalue weighted by molar-refractivity contribution is 5.46. The van der Waals surface area contributed by atoms with E-state index in [0.29, 0.717) is 12.6 Å². The van der Waals surface area contributed by atoms with Crippen molar-refractivity contribution in [2.24, 2.45) is 5.92 Å². The molecule has 0 saturated carbocycles. The average Bonchev–Trinajstić information content (AvgIpc) is 2.33. The highest BCUT2D eigenvalue weighted by Gasteiger charge is 2.07. The topological polar surface area (TPSA) is 53.1 Å². The molecule has 0 atom stereocenters. The number of rotatable bonds is 4.